The van der Waals surface area contributed by atoms with Gasteiger partial charge in [-0.1, -0.05) is 47.9 Å². The molecule has 0 saturated carbocycles. The molecular weight excluding hydrogens is 358 g/mol. The minimum atomic E-state index is -1.82. The van der Waals surface area contributed by atoms with E-state index in [0.717, 1.165) is 24.5 Å². The molecule has 0 heterocycles. The Hall–Kier alpha value is -0.890. The highest BCUT2D eigenvalue weighted by Gasteiger charge is 2.09. The molecule has 0 saturated heterocycles. The second-order valence-electron chi connectivity index (χ2n) is 4.65. The van der Waals surface area contributed by atoms with Crippen molar-refractivity contribution in [1.29, 1.82) is 0 Å². The highest BCUT2D eigenvalue weighted by atomic mass is 35.5. The summed E-state index contributed by atoms with van der Waals surface area (Å²) in [5.74, 6) is -3.65. The van der Waals surface area contributed by atoms with E-state index in [0.29, 0.717) is 5.25 Å². The molecule has 3 N–H and O–H groups in total. The van der Waals surface area contributed by atoms with Crippen LogP contribution in [0, 0.1) is 0 Å². The largest absolute Gasteiger partial charge is 0.473 e. The van der Waals surface area contributed by atoms with Gasteiger partial charge in [-0.25, -0.2) is 9.59 Å². The number of carboxylic acid groups (broad SMARTS) is 2. The van der Waals surface area contributed by atoms with E-state index in [4.69, 9.17) is 31.4 Å². The molecule has 0 aliphatic heterocycles. The summed E-state index contributed by atoms with van der Waals surface area (Å²) in [4.78, 5) is 18.2. The van der Waals surface area contributed by atoms with Crippen LogP contribution in [0.1, 0.15) is 37.0 Å². The summed E-state index contributed by atoms with van der Waals surface area (Å²) in [5.41, 5.74) is 1.30. The van der Waals surface area contributed by atoms with Crippen LogP contribution < -0.4 is 5.32 Å². The van der Waals surface area contributed by atoms with Gasteiger partial charge in [0, 0.05) is 10.3 Å². The van der Waals surface area contributed by atoms with E-state index in [1.54, 1.807) is 10.8 Å². The Morgan fingerprint density at radius 3 is 2.22 bits per heavy atom. The minimum Gasteiger partial charge on any atom is -0.473 e. The number of benzene rings is 1. The van der Waals surface area contributed by atoms with Crippen LogP contribution >= 0.6 is 34.1 Å². The topological polar surface area (TPSA) is 86.6 Å². The Kier molecular flexibility index (Phi) is 13.0. The highest BCUT2D eigenvalue weighted by molar-refractivity contribution is 8.68. The zero-order valence-electron chi connectivity index (χ0n) is 12.9. The Balaban J connectivity index is 0.000000688. The molecule has 130 valence electrons. The van der Waals surface area contributed by atoms with Crippen LogP contribution in [-0.2, 0) is 9.59 Å². The summed E-state index contributed by atoms with van der Waals surface area (Å²) in [5, 5.41) is 19.5. The molecule has 5 nitrogen and oxygen atoms in total. The average Bonchev–Trinajstić information content (AvgIpc) is 2.52. The molecule has 0 fully saturated rings. The van der Waals surface area contributed by atoms with E-state index >= 15 is 0 Å². The first-order chi connectivity index (χ1) is 10.9. The second kappa shape index (κ2) is 13.5. The summed E-state index contributed by atoms with van der Waals surface area (Å²) in [6.45, 7) is 4.36. The van der Waals surface area contributed by atoms with Crippen molar-refractivity contribution >= 4 is 46.0 Å². The van der Waals surface area contributed by atoms with Gasteiger partial charge in [0.15, 0.2) is 0 Å². The molecule has 23 heavy (non-hydrogen) atoms. The summed E-state index contributed by atoms with van der Waals surface area (Å²) in [6.07, 6.45) is 3.59. The first kappa shape index (κ1) is 22.1. The van der Waals surface area contributed by atoms with Crippen LogP contribution in [0.3, 0.4) is 0 Å². The number of hydrogen-bond donors (Lipinski definition) is 4. The number of thiol groups is 1. The third-order valence-corrected chi connectivity index (χ3v) is 4.62. The average molecular weight is 380 g/mol. The lowest BCUT2D eigenvalue weighted by Crippen LogP contribution is -2.17. The predicted octanol–water partition coefficient (Wildman–Crippen LogP) is 3.89. The van der Waals surface area contributed by atoms with Crippen LogP contribution in [0.2, 0.25) is 5.02 Å². The molecule has 8 heteroatoms. The van der Waals surface area contributed by atoms with Gasteiger partial charge < -0.3 is 15.5 Å². The Morgan fingerprint density at radius 1 is 1.22 bits per heavy atom. The van der Waals surface area contributed by atoms with E-state index in [9.17, 15) is 0 Å². The van der Waals surface area contributed by atoms with Crippen molar-refractivity contribution in [2.75, 3.05) is 13.1 Å². The molecule has 0 radical (unpaired) electrons. The van der Waals surface area contributed by atoms with Gasteiger partial charge in [0.1, 0.15) is 0 Å². The summed E-state index contributed by atoms with van der Waals surface area (Å²) in [6, 6.07) is 8.06. The lowest BCUT2D eigenvalue weighted by molar-refractivity contribution is -0.159. The molecule has 1 atom stereocenters. The number of carbonyl (C=O) groups is 2. The van der Waals surface area contributed by atoms with Crippen molar-refractivity contribution in [2.24, 2.45) is 0 Å². The van der Waals surface area contributed by atoms with E-state index in [1.165, 1.54) is 18.4 Å². The maximum Gasteiger partial charge on any atom is 0.414 e. The zero-order valence-corrected chi connectivity index (χ0v) is 15.3. The number of rotatable bonds is 8. The van der Waals surface area contributed by atoms with Gasteiger partial charge in [0.2, 0.25) is 0 Å². The van der Waals surface area contributed by atoms with Crippen molar-refractivity contribution in [2.45, 2.75) is 31.4 Å². The number of aliphatic carboxylic acids is 2. The molecule has 1 aromatic carbocycles. The van der Waals surface area contributed by atoms with Crippen LogP contribution in [0.5, 0.6) is 0 Å². The van der Waals surface area contributed by atoms with Gasteiger partial charge in [0.25, 0.3) is 0 Å². The number of hydrogen-bond acceptors (Lipinski definition) is 5. The normalized spacial score (nSPS) is 11.3. The van der Waals surface area contributed by atoms with Crippen molar-refractivity contribution < 1.29 is 19.8 Å². The summed E-state index contributed by atoms with van der Waals surface area (Å²) in [7, 11) is 1.60. The van der Waals surface area contributed by atoms with Gasteiger partial charge >= 0.3 is 11.9 Å². The first-order valence-electron chi connectivity index (χ1n) is 7.15. The summed E-state index contributed by atoms with van der Waals surface area (Å²) >= 11 is 10.2. The predicted molar refractivity (Wildman–Crippen MR) is 98.4 cm³/mol. The molecule has 1 aromatic rings. The van der Waals surface area contributed by atoms with Crippen LogP contribution in [0.4, 0.5) is 0 Å². The van der Waals surface area contributed by atoms with E-state index in [2.05, 4.69) is 36.0 Å². The maximum absolute atomic E-state index is 9.10. The number of nitrogens with one attached hydrogen (secondary N) is 1. The van der Waals surface area contributed by atoms with Gasteiger partial charge in [-0.15, -0.1) is 11.7 Å². The lowest BCUT2D eigenvalue weighted by atomic mass is 10.1. The Morgan fingerprint density at radius 2 is 1.78 bits per heavy atom. The van der Waals surface area contributed by atoms with Crippen LogP contribution in [0.25, 0.3) is 0 Å². The molecule has 0 amide bonds. The van der Waals surface area contributed by atoms with Gasteiger partial charge in [-0.2, -0.15) is 0 Å². The van der Waals surface area contributed by atoms with Crippen molar-refractivity contribution in [3.63, 3.8) is 0 Å². The standard InChI is InChI=1S/C13H20ClNS2.C2H2O4/c1-2-3-9-15-10-8-13(17-16)11-4-6-12(14)7-5-11;3-1(4)2(5)6/h4-7,13,15-16H,2-3,8-10H2,1H3;(H,3,4)(H,5,6). The highest BCUT2D eigenvalue weighted by Crippen LogP contribution is 2.34. The number of unbranched alkanes of at least 4 members (excludes halogenated alkanes) is 1. The van der Waals surface area contributed by atoms with Crippen molar-refractivity contribution in [3.05, 3.63) is 34.9 Å². The fourth-order valence-corrected chi connectivity index (χ4v) is 2.93. The van der Waals surface area contributed by atoms with E-state index < -0.39 is 11.9 Å². The van der Waals surface area contributed by atoms with Crippen molar-refractivity contribution in [3.8, 4) is 0 Å². The second-order valence-corrected chi connectivity index (χ2v) is 6.50. The maximum atomic E-state index is 9.10. The first-order valence-corrected chi connectivity index (χ1v) is 9.46. The number of carboxylic acids is 2. The lowest BCUT2D eigenvalue weighted by Gasteiger charge is -2.14. The zero-order chi connectivity index (χ0) is 17.7. The quantitative estimate of drug-likeness (QED) is 0.237. The van der Waals surface area contributed by atoms with E-state index in [-0.39, 0.29) is 0 Å². The molecule has 0 aliphatic carbocycles. The third-order valence-electron chi connectivity index (χ3n) is 2.84. The Bertz CT molecular complexity index is 459. The fourth-order valence-electron chi connectivity index (χ4n) is 1.62. The smallest absolute Gasteiger partial charge is 0.414 e. The molecule has 1 rings (SSSR count). The number of halogens is 1. The molecule has 0 aliphatic rings. The van der Waals surface area contributed by atoms with Crippen LogP contribution in [-0.4, -0.2) is 35.2 Å². The molecule has 1 unspecified atom stereocenters. The molecule has 0 spiro atoms. The monoisotopic (exact) mass is 379 g/mol. The SMILES string of the molecule is CCCCNCCC(SS)c1ccc(Cl)cc1.O=C(O)C(=O)O. The van der Waals surface area contributed by atoms with Gasteiger partial charge in [-0.3, -0.25) is 0 Å². The van der Waals surface area contributed by atoms with E-state index in [1.807, 2.05) is 12.1 Å². The fraction of sp³-hybridized carbons (Fsp3) is 0.467. The third kappa shape index (κ3) is 11.3. The summed E-state index contributed by atoms with van der Waals surface area (Å²) < 4.78 is 0. The minimum absolute atomic E-state index is 0.435. The molecule has 0 bridgehead atoms. The molecular formula is C15H22ClNO4S2. The van der Waals surface area contributed by atoms with Crippen molar-refractivity contribution in [1.82, 2.24) is 5.32 Å². The van der Waals surface area contributed by atoms with Gasteiger partial charge in [-0.05, 0) is 43.6 Å². The van der Waals surface area contributed by atoms with Gasteiger partial charge in [0.05, 0.1) is 0 Å². The van der Waals surface area contributed by atoms with Crippen LogP contribution in [0.15, 0.2) is 24.3 Å². The Labute approximate surface area is 150 Å². The molecule has 0 aromatic heterocycles.